The van der Waals surface area contributed by atoms with Crippen molar-refractivity contribution in [2.24, 2.45) is 4.99 Å². The molecule has 248 valence electrons. The zero-order valence-corrected chi connectivity index (χ0v) is 26.2. The highest BCUT2D eigenvalue weighted by Gasteiger charge is 2.50. The lowest BCUT2D eigenvalue weighted by Crippen LogP contribution is -2.50. The molecule has 2 aliphatic heterocycles. The molecule has 14 heteroatoms. The van der Waals surface area contributed by atoms with Crippen molar-refractivity contribution < 1.29 is 54.1 Å². The van der Waals surface area contributed by atoms with E-state index in [2.05, 4.69) is 9.89 Å². The number of hydrogen-bond acceptors (Lipinski definition) is 12. The molecule has 13 nitrogen and oxygen atoms in total. The summed E-state index contributed by atoms with van der Waals surface area (Å²) in [6.07, 6.45) is -1.22. The number of aliphatic hydroxyl groups is 3. The average Bonchev–Trinajstić information content (AvgIpc) is 3.55. The van der Waals surface area contributed by atoms with Gasteiger partial charge >= 0.3 is 0 Å². The number of benzene rings is 2. The number of likely N-dealkylation sites (tertiary alicyclic amines) is 1. The van der Waals surface area contributed by atoms with E-state index in [1.807, 2.05) is 0 Å². The average molecular weight is 661 g/mol. The van der Waals surface area contributed by atoms with Crippen molar-refractivity contribution in [1.82, 2.24) is 4.90 Å². The van der Waals surface area contributed by atoms with Crippen molar-refractivity contribution in [2.45, 2.75) is 75.3 Å². The highest BCUT2D eigenvalue weighted by molar-refractivity contribution is 6.31. The molecule has 46 heavy (non-hydrogen) atoms. The van der Waals surface area contributed by atoms with E-state index in [0.29, 0.717) is 0 Å². The van der Waals surface area contributed by atoms with Crippen molar-refractivity contribution in [2.75, 3.05) is 26.8 Å². The Morgan fingerprint density at radius 3 is 2.50 bits per heavy atom. The third-order valence-electron chi connectivity index (χ3n) is 9.29. The summed E-state index contributed by atoms with van der Waals surface area (Å²) >= 11 is 0. The Balaban J connectivity index is 0.00000417. The minimum absolute atomic E-state index is 0. The Hall–Kier alpha value is -3.59. The van der Waals surface area contributed by atoms with E-state index in [0.717, 1.165) is 25.9 Å². The zero-order chi connectivity index (χ0) is 32.2. The molecule has 2 aliphatic carbocycles. The van der Waals surface area contributed by atoms with Gasteiger partial charge in [-0.3, -0.25) is 19.4 Å². The largest absolute Gasteiger partial charge is 0.507 e. The number of ketones is 3. The van der Waals surface area contributed by atoms with Gasteiger partial charge in [-0.25, -0.2) is 0 Å². The smallest absolute Gasteiger partial charge is 0.202 e. The summed E-state index contributed by atoms with van der Waals surface area (Å²) in [6, 6.07) is 3.79. The maximum atomic E-state index is 13.8. The quantitative estimate of drug-likeness (QED) is 0.140. The van der Waals surface area contributed by atoms with E-state index < -0.39 is 95.7 Å². The van der Waals surface area contributed by atoms with Gasteiger partial charge in [0.1, 0.15) is 35.6 Å². The number of fused-ring (bicyclic) bond motifs is 3. The predicted octanol–water partition coefficient (Wildman–Crippen LogP) is 1.59. The summed E-state index contributed by atoms with van der Waals surface area (Å²) in [5.41, 5.74) is -3.58. The van der Waals surface area contributed by atoms with Crippen molar-refractivity contribution in [3.05, 3.63) is 51.6 Å². The van der Waals surface area contributed by atoms with Crippen LogP contribution in [0.4, 0.5) is 0 Å². The molecule has 5 N–H and O–H groups in total. The summed E-state index contributed by atoms with van der Waals surface area (Å²) in [5.74, 6) is -3.72. The SMILES string of the molecule is COc1cccc2c1C(=O)c1c(O)c3c(c(O)c1C2=O)CC(O)(C(=O)CO)C[C@@H]3OC1C[C@H](N=CN2CCCC2)[C@H](O)C(C)O1.Cl. The molecule has 2 saturated heterocycles. The van der Waals surface area contributed by atoms with Crippen LogP contribution in [0, 0.1) is 0 Å². The number of halogens is 1. The molecule has 2 aromatic carbocycles. The Kier molecular flexibility index (Phi) is 9.47. The van der Waals surface area contributed by atoms with Crippen LogP contribution in [0.1, 0.15) is 81.7 Å². The van der Waals surface area contributed by atoms with Crippen LogP contribution in [0.15, 0.2) is 23.2 Å². The van der Waals surface area contributed by atoms with E-state index >= 15 is 0 Å². The summed E-state index contributed by atoms with van der Waals surface area (Å²) in [5, 5.41) is 55.1. The number of nitrogens with zero attached hydrogens (tertiary/aromatic N) is 2. The number of aromatic hydroxyl groups is 2. The molecule has 4 aliphatic rings. The third kappa shape index (κ3) is 5.54. The molecule has 0 bridgehead atoms. The van der Waals surface area contributed by atoms with Gasteiger partial charge in [-0.2, -0.15) is 0 Å². The number of phenolic OH excluding ortho intramolecular Hbond substituents is 2. The minimum Gasteiger partial charge on any atom is -0.507 e. The summed E-state index contributed by atoms with van der Waals surface area (Å²) in [6.45, 7) is 2.35. The molecule has 6 rings (SSSR count). The van der Waals surface area contributed by atoms with Crippen LogP contribution in [0.25, 0.3) is 0 Å². The highest BCUT2D eigenvalue weighted by Crippen LogP contribution is 2.52. The van der Waals surface area contributed by atoms with Crippen molar-refractivity contribution in [1.29, 1.82) is 0 Å². The van der Waals surface area contributed by atoms with E-state index in [9.17, 15) is 39.9 Å². The second kappa shape index (κ2) is 12.9. The van der Waals surface area contributed by atoms with Gasteiger partial charge in [0.05, 0.1) is 48.4 Å². The molecule has 6 atom stereocenters. The molecule has 0 aromatic heterocycles. The first-order valence-electron chi connectivity index (χ1n) is 15.0. The molecule has 0 spiro atoms. The fourth-order valence-electron chi connectivity index (χ4n) is 6.88. The maximum Gasteiger partial charge on any atom is 0.202 e. The maximum absolute atomic E-state index is 13.8. The molecule has 3 unspecified atom stereocenters. The number of carbonyl (C=O) groups excluding carboxylic acids is 3. The Morgan fingerprint density at radius 2 is 1.83 bits per heavy atom. The molecule has 0 saturated carbocycles. The van der Waals surface area contributed by atoms with Gasteiger partial charge in [-0.15, -0.1) is 12.4 Å². The first-order valence-corrected chi connectivity index (χ1v) is 15.0. The van der Waals surface area contributed by atoms with Crippen LogP contribution in [0.3, 0.4) is 0 Å². The van der Waals surface area contributed by atoms with Gasteiger partial charge in [-0.05, 0) is 25.8 Å². The second-order valence-corrected chi connectivity index (χ2v) is 12.1. The lowest BCUT2D eigenvalue weighted by molar-refractivity contribution is -0.247. The van der Waals surface area contributed by atoms with E-state index in [1.54, 1.807) is 13.3 Å². The number of carbonyl (C=O) groups is 3. The van der Waals surface area contributed by atoms with Gasteiger partial charge in [0.25, 0.3) is 0 Å². The van der Waals surface area contributed by atoms with Crippen LogP contribution in [-0.4, -0.2) is 111 Å². The number of rotatable bonds is 7. The lowest BCUT2D eigenvalue weighted by atomic mass is 9.72. The van der Waals surface area contributed by atoms with Gasteiger partial charge in [0.15, 0.2) is 17.9 Å². The Morgan fingerprint density at radius 1 is 1.13 bits per heavy atom. The lowest BCUT2D eigenvalue weighted by Gasteiger charge is -2.42. The number of ether oxygens (including phenoxy) is 3. The fraction of sp³-hybridized carbons (Fsp3) is 0.500. The van der Waals surface area contributed by atoms with Gasteiger partial charge in [0.2, 0.25) is 5.78 Å². The zero-order valence-electron chi connectivity index (χ0n) is 25.3. The number of methoxy groups -OCH3 is 1. The van der Waals surface area contributed by atoms with Crippen LogP contribution in [-0.2, 0) is 20.7 Å². The molecule has 0 amide bonds. The fourth-order valence-corrected chi connectivity index (χ4v) is 6.88. The Bertz CT molecular complexity index is 1590. The monoisotopic (exact) mass is 660 g/mol. The topological polar surface area (TPSA) is 196 Å². The molecular weight excluding hydrogens is 624 g/mol. The first kappa shape index (κ1) is 33.8. The third-order valence-corrected chi connectivity index (χ3v) is 9.29. The number of aliphatic imine (C=N–C) groups is 1. The van der Waals surface area contributed by atoms with Crippen LogP contribution < -0.4 is 4.74 Å². The number of Topliss-reactive ketones (excluding diaryl/α,β-unsaturated/α-hetero) is 1. The molecule has 2 heterocycles. The predicted molar refractivity (Wildman–Crippen MR) is 164 cm³/mol. The van der Waals surface area contributed by atoms with E-state index in [1.165, 1.54) is 25.3 Å². The molecule has 2 fully saturated rings. The van der Waals surface area contributed by atoms with Crippen LogP contribution in [0.2, 0.25) is 0 Å². The van der Waals surface area contributed by atoms with Crippen molar-refractivity contribution in [3.63, 3.8) is 0 Å². The normalized spacial score (nSPS) is 28.8. The number of hydrogen-bond donors (Lipinski definition) is 5. The minimum atomic E-state index is -2.25. The summed E-state index contributed by atoms with van der Waals surface area (Å²) < 4.78 is 17.5. The second-order valence-electron chi connectivity index (χ2n) is 12.1. The summed E-state index contributed by atoms with van der Waals surface area (Å²) in [4.78, 5) is 46.9. The van der Waals surface area contributed by atoms with E-state index in [-0.39, 0.29) is 46.8 Å². The molecule has 2 aromatic rings. The van der Waals surface area contributed by atoms with Crippen molar-refractivity contribution >= 4 is 36.1 Å². The van der Waals surface area contributed by atoms with Crippen LogP contribution >= 0.6 is 12.4 Å². The Labute approximate surface area is 270 Å². The van der Waals surface area contributed by atoms with Gasteiger partial charge < -0.3 is 44.6 Å². The van der Waals surface area contributed by atoms with Gasteiger partial charge in [-0.1, -0.05) is 12.1 Å². The molecule has 0 radical (unpaired) electrons. The standard InChI is InChI=1S/C32H36N2O11.ClH/c1-15-27(37)18(33-14-34-8-3-4-9-34)10-22(44-15)45-20-12-32(42,21(36)13-35)11-17-24(20)31(41)26-25(29(17)39)28(38)16-6-5-7-19(43-2)23(16)30(26)40;/h5-7,14-15,18,20,22,27,35,37,39,41-42H,3-4,8-13H2,1-2H3;1H/t15?,18-,20-,22?,27+,32?;/m0./s1. The number of aliphatic hydroxyl groups excluding tert-OH is 2. The van der Waals surface area contributed by atoms with Crippen molar-refractivity contribution in [3.8, 4) is 17.2 Å². The number of phenols is 2. The van der Waals surface area contributed by atoms with Crippen LogP contribution in [0.5, 0.6) is 17.2 Å². The van der Waals surface area contributed by atoms with E-state index in [4.69, 9.17) is 14.2 Å². The van der Waals surface area contributed by atoms with Gasteiger partial charge in [0, 0.05) is 49.0 Å². The summed E-state index contributed by atoms with van der Waals surface area (Å²) in [7, 11) is 1.33. The first-order chi connectivity index (χ1) is 21.5. The molecular formula is C32H37ClN2O11. The highest BCUT2D eigenvalue weighted by atomic mass is 35.5.